The molecule has 0 aliphatic heterocycles. The van der Waals surface area contributed by atoms with E-state index in [4.69, 9.17) is 39.5 Å². The molecule has 0 bridgehead atoms. The Hall–Kier alpha value is -1.47. The summed E-state index contributed by atoms with van der Waals surface area (Å²) in [7, 11) is -4.00. The molecule has 140 valence electrons. The van der Waals surface area contributed by atoms with Crippen LogP contribution in [-0.4, -0.2) is 27.5 Å². The number of carbonyl (C=O) groups excluding carboxylic acids is 1. The monoisotopic (exact) mass is 435 g/mol. The van der Waals surface area contributed by atoms with Gasteiger partial charge in [0.25, 0.3) is 10.0 Å². The average Bonchev–Trinajstić information content (AvgIpc) is 2.59. The van der Waals surface area contributed by atoms with Crippen molar-refractivity contribution in [1.29, 1.82) is 0 Å². The zero-order chi connectivity index (χ0) is 19.5. The first-order valence-electron chi connectivity index (χ1n) is 7.66. The highest BCUT2D eigenvalue weighted by atomic mass is 35.5. The molecule has 9 heteroatoms. The van der Waals surface area contributed by atoms with Crippen molar-refractivity contribution in [2.24, 2.45) is 0 Å². The maximum absolute atomic E-state index is 13.1. The third-order valence-corrected chi connectivity index (χ3v) is 6.43. The molecule has 0 saturated heterocycles. The third-order valence-electron chi connectivity index (χ3n) is 3.48. The Labute approximate surface area is 167 Å². The van der Waals surface area contributed by atoms with Crippen LogP contribution in [-0.2, 0) is 14.8 Å². The molecule has 0 aliphatic rings. The summed E-state index contributed by atoms with van der Waals surface area (Å²) < 4.78 is 32.2. The predicted molar refractivity (Wildman–Crippen MR) is 104 cm³/mol. The van der Waals surface area contributed by atoms with E-state index in [0.29, 0.717) is 0 Å². The smallest absolute Gasteiger partial charge is 0.339 e. The summed E-state index contributed by atoms with van der Waals surface area (Å²) in [6, 6.07) is 8.52. The lowest BCUT2D eigenvalue weighted by atomic mass is 10.2. The molecule has 0 heterocycles. The zero-order valence-electron chi connectivity index (χ0n) is 14.0. The van der Waals surface area contributed by atoms with Crippen LogP contribution < -0.4 is 4.31 Å². The molecule has 26 heavy (non-hydrogen) atoms. The van der Waals surface area contributed by atoms with Crippen LogP contribution in [0.3, 0.4) is 0 Å². The number of hydrogen-bond donors (Lipinski definition) is 0. The van der Waals surface area contributed by atoms with Crippen LogP contribution in [0.5, 0.6) is 0 Å². The van der Waals surface area contributed by atoms with E-state index < -0.39 is 16.0 Å². The van der Waals surface area contributed by atoms with Gasteiger partial charge in [0, 0.05) is 11.6 Å². The van der Waals surface area contributed by atoms with Crippen LogP contribution in [0.2, 0.25) is 15.1 Å². The van der Waals surface area contributed by atoms with Crippen molar-refractivity contribution >= 4 is 56.5 Å². The minimum atomic E-state index is -4.00. The number of carbonyl (C=O) groups is 1. The second-order valence-corrected chi connectivity index (χ2v) is 8.21. The first kappa shape index (κ1) is 20.8. The van der Waals surface area contributed by atoms with Crippen molar-refractivity contribution in [3.8, 4) is 0 Å². The lowest BCUT2D eigenvalue weighted by Crippen LogP contribution is -2.31. The van der Waals surface area contributed by atoms with Crippen LogP contribution in [0.1, 0.15) is 24.2 Å². The van der Waals surface area contributed by atoms with Gasteiger partial charge in [0.15, 0.2) is 0 Å². The molecule has 2 aromatic rings. The second kappa shape index (κ2) is 8.48. The fourth-order valence-corrected chi connectivity index (χ4v) is 4.72. The summed E-state index contributed by atoms with van der Waals surface area (Å²) in [6.45, 7) is 3.61. The Morgan fingerprint density at radius 1 is 1.04 bits per heavy atom. The Balaban J connectivity index is 2.56. The fraction of sp³-hybridized carbons (Fsp3) is 0.235. The summed E-state index contributed by atoms with van der Waals surface area (Å²) in [5.41, 5.74) is 0.341. The molecule has 0 unspecified atom stereocenters. The van der Waals surface area contributed by atoms with Gasteiger partial charge in [0.2, 0.25) is 0 Å². The summed E-state index contributed by atoms with van der Waals surface area (Å²) in [4.78, 5) is 11.9. The molecular weight excluding hydrogens is 421 g/mol. The van der Waals surface area contributed by atoms with Crippen molar-refractivity contribution in [2.75, 3.05) is 17.5 Å². The first-order chi connectivity index (χ1) is 12.2. The van der Waals surface area contributed by atoms with Gasteiger partial charge in [0.05, 0.1) is 27.9 Å². The second-order valence-electron chi connectivity index (χ2n) is 5.13. The van der Waals surface area contributed by atoms with Crippen LogP contribution in [0.25, 0.3) is 0 Å². The molecule has 2 aromatic carbocycles. The standard InChI is InChI=1S/C17H16Cl3NO4S/c1-3-21(26(23,24)16-9-11(18)5-7-15(16)20)12-6-8-14(19)13(10-12)17(22)25-4-2/h5-10H,3-4H2,1-2H3. The van der Waals surface area contributed by atoms with Gasteiger partial charge in [-0.15, -0.1) is 0 Å². The fourth-order valence-electron chi connectivity index (χ4n) is 2.32. The SMILES string of the molecule is CCOC(=O)c1cc(N(CC)S(=O)(=O)c2cc(Cl)ccc2Cl)ccc1Cl. The minimum Gasteiger partial charge on any atom is -0.462 e. The van der Waals surface area contributed by atoms with Crippen LogP contribution in [0, 0.1) is 0 Å². The quantitative estimate of drug-likeness (QED) is 0.595. The van der Waals surface area contributed by atoms with Gasteiger partial charge < -0.3 is 4.74 Å². The first-order valence-corrected chi connectivity index (χ1v) is 10.2. The number of rotatable bonds is 6. The molecule has 5 nitrogen and oxygen atoms in total. The average molecular weight is 437 g/mol. The van der Waals surface area contributed by atoms with Gasteiger partial charge in [-0.05, 0) is 50.2 Å². The lowest BCUT2D eigenvalue weighted by molar-refractivity contribution is 0.0526. The number of ether oxygens (including phenoxy) is 1. The molecule has 0 amide bonds. The molecule has 0 fully saturated rings. The van der Waals surface area contributed by atoms with Gasteiger partial charge in [-0.3, -0.25) is 4.31 Å². The van der Waals surface area contributed by atoms with Crippen LogP contribution in [0.15, 0.2) is 41.3 Å². The van der Waals surface area contributed by atoms with E-state index >= 15 is 0 Å². The molecule has 0 aliphatic carbocycles. The molecular formula is C17H16Cl3NO4S. The van der Waals surface area contributed by atoms with Crippen molar-refractivity contribution in [2.45, 2.75) is 18.7 Å². The van der Waals surface area contributed by atoms with E-state index in [1.54, 1.807) is 13.8 Å². The lowest BCUT2D eigenvalue weighted by Gasteiger charge is -2.24. The van der Waals surface area contributed by atoms with E-state index in [9.17, 15) is 13.2 Å². The van der Waals surface area contributed by atoms with Gasteiger partial charge in [-0.25, -0.2) is 13.2 Å². The number of benzene rings is 2. The summed E-state index contributed by atoms with van der Waals surface area (Å²) in [6.07, 6.45) is 0. The Bertz CT molecular complexity index is 932. The third kappa shape index (κ3) is 4.26. The predicted octanol–water partition coefficient (Wildman–Crippen LogP) is 5.04. The maximum atomic E-state index is 13.1. The van der Waals surface area contributed by atoms with E-state index in [1.165, 1.54) is 36.4 Å². The molecule has 0 saturated carbocycles. The van der Waals surface area contributed by atoms with Gasteiger partial charge >= 0.3 is 5.97 Å². The Morgan fingerprint density at radius 3 is 2.31 bits per heavy atom. The normalized spacial score (nSPS) is 11.3. The van der Waals surface area contributed by atoms with Crippen molar-refractivity contribution < 1.29 is 17.9 Å². The van der Waals surface area contributed by atoms with Crippen molar-refractivity contribution in [1.82, 2.24) is 0 Å². The van der Waals surface area contributed by atoms with E-state index in [-0.39, 0.29) is 44.4 Å². The van der Waals surface area contributed by atoms with E-state index in [1.807, 2.05) is 0 Å². The van der Waals surface area contributed by atoms with Gasteiger partial charge in [-0.1, -0.05) is 34.8 Å². The summed E-state index contributed by atoms with van der Waals surface area (Å²) in [5, 5.41) is 0.459. The Morgan fingerprint density at radius 2 is 1.69 bits per heavy atom. The largest absolute Gasteiger partial charge is 0.462 e. The highest BCUT2D eigenvalue weighted by Crippen LogP contribution is 2.32. The number of esters is 1. The van der Waals surface area contributed by atoms with Crippen molar-refractivity contribution in [3.63, 3.8) is 0 Å². The molecule has 0 aromatic heterocycles. The summed E-state index contributed by atoms with van der Waals surface area (Å²) >= 11 is 18.0. The molecule has 2 rings (SSSR count). The minimum absolute atomic E-state index is 0.0485. The molecule has 0 N–H and O–H groups in total. The number of sulfonamides is 1. The molecule has 0 atom stereocenters. The highest BCUT2D eigenvalue weighted by molar-refractivity contribution is 7.93. The van der Waals surface area contributed by atoms with Gasteiger partial charge in [-0.2, -0.15) is 0 Å². The topological polar surface area (TPSA) is 63.7 Å². The number of nitrogens with zero attached hydrogens (tertiary/aromatic N) is 1. The van der Waals surface area contributed by atoms with E-state index in [0.717, 1.165) is 4.31 Å². The van der Waals surface area contributed by atoms with Gasteiger partial charge in [0.1, 0.15) is 4.90 Å². The Kier molecular flexibility index (Phi) is 6.80. The zero-order valence-corrected chi connectivity index (χ0v) is 17.1. The molecule has 0 radical (unpaired) electrons. The molecule has 0 spiro atoms. The van der Waals surface area contributed by atoms with Crippen LogP contribution >= 0.6 is 34.8 Å². The number of hydrogen-bond acceptors (Lipinski definition) is 4. The number of halogens is 3. The maximum Gasteiger partial charge on any atom is 0.339 e. The summed E-state index contributed by atoms with van der Waals surface area (Å²) in [5.74, 6) is -0.631. The highest BCUT2D eigenvalue weighted by Gasteiger charge is 2.27. The number of anilines is 1. The van der Waals surface area contributed by atoms with Crippen molar-refractivity contribution in [3.05, 3.63) is 57.0 Å². The van der Waals surface area contributed by atoms with Crippen LogP contribution in [0.4, 0.5) is 5.69 Å². The van der Waals surface area contributed by atoms with E-state index in [2.05, 4.69) is 0 Å².